The predicted molar refractivity (Wildman–Crippen MR) is 74.9 cm³/mol. The van der Waals surface area contributed by atoms with Crippen LogP contribution in [0.25, 0.3) is 0 Å². The van der Waals surface area contributed by atoms with Crippen LogP contribution in [-0.4, -0.2) is 12.7 Å². The zero-order valence-corrected chi connectivity index (χ0v) is 10.8. The lowest BCUT2D eigenvalue weighted by Gasteiger charge is -2.07. The van der Waals surface area contributed by atoms with Crippen LogP contribution in [0.3, 0.4) is 0 Å². The molecule has 0 saturated carbocycles. The van der Waals surface area contributed by atoms with Gasteiger partial charge in [0, 0.05) is 23.9 Å². The number of amides is 1. The summed E-state index contributed by atoms with van der Waals surface area (Å²) in [5.41, 5.74) is 7.73. The first kappa shape index (κ1) is 12.3. The number of nitrogens with two attached hydrogens (primary N) is 1. The maximum absolute atomic E-state index is 11.0. The van der Waals surface area contributed by atoms with Crippen molar-refractivity contribution in [3.8, 4) is 11.5 Å². The molecule has 1 heterocycles. The van der Waals surface area contributed by atoms with Gasteiger partial charge in [-0.15, -0.1) is 0 Å². The third-order valence-corrected chi connectivity index (χ3v) is 3.11. The van der Waals surface area contributed by atoms with Crippen LogP contribution in [0.4, 0.5) is 5.69 Å². The SMILES string of the molecule is NC(=O)c1ccc(CNc2ccc3c(c2)OCO3)cc1. The average molecular weight is 270 g/mol. The Morgan fingerprint density at radius 1 is 1.10 bits per heavy atom. The number of carbonyl (C=O) groups excluding carboxylic acids is 1. The van der Waals surface area contributed by atoms with Crippen molar-refractivity contribution in [1.29, 1.82) is 0 Å². The zero-order valence-electron chi connectivity index (χ0n) is 10.8. The summed E-state index contributed by atoms with van der Waals surface area (Å²) >= 11 is 0. The second-order valence-corrected chi connectivity index (χ2v) is 4.48. The van der Waals surface area contributed by atoms with Crippen molar-refractivity contribution in [2.75, 3.05) is 12.1 Å². The fourth-order valence-electron chi connectivity index (χ4n) is 2.00. The van der Waals surface area contributed by atoms with E-state index in [0.717, 1.165) is 22.7 Å². The van der Waals surface area contributed by atoms with Gasteiger partial charge >= 0.3 is 0 Å². The van der Waals surface area contributed by atoms with Gasteiger partial charge in [-0.1, -0.05) is 12.1 Å². The Kier molecular flexibility index (Phi) is 3.16. The molecule has 102 valence electrons. The molecular formula is C15H14N2O3. The highest BCUT2D eigenvalue weighted by Gasteiger charge is 2.12. The molecule has 1 aliphatic heterocycles. The zero-order chi connectivity index (χ0) is 13.9. The van der Waals surface area contributed by atoms with E-state index in [1.54, 1.807) is 12.1 Å². The Morgan fingerprint density at radius 3 is 2.60 bits per heavy atom. The molecule has 20 heavy (non-hydrogen) atoms. The Labute approximate surface area is 116 Å². The third kappa shape index (κ3) is 2.51. The minimum absolute atomic E-state index is 0.271. The standard InChI is InChI=1S/C15H14N2O3/c16-15(18)11-3-1-10(2-4-11)8-17-12-5-6-13-14(7-12)20-9-19-13/h1-7,17H,8-9H2,(H2,16,18). The second-order valence-electron chi connectivity index (χ2n) is 4.48. The monoisotopic (exact) mass is 270 g/mol. The smallest absolute Gasteiger partial charge is 0.248 e. The summed E-state index contributed by atoms with van der Waals surface area (Å²) in [5, 5.41) is 3.29. The quantitative estimate of drug-likeness (QED) is 0.892. The van der Waals surface area contributed by atoms with Gasteiger partial charge in [0.2, 0.25) is 12.7 Å². The number of ether oxygens (including phenoxy) is 2. The first-order chi connectivity index (χ1) is 9.72. The lowest BCUT2D eigenvalue weighted by atomic mass is 10.1. The molecular weight excluding hydrogens is 256 g/mol. The molecule has 0 atom stereocenters. The molecule has 3 rings (SSSR count). The van der Waals surface area contributed by atoms with Crippen LogP contribution < -0.4 is 20.5 Å². The number of hydrogen-bond acceptors (Lipinski definition) is 4. The first-order valence-electron chi connectivity index (χ1n) is 6.24. The summed E-state index contributed by atoms with van der Waals surface area (Å²) in [7, 11) is 0. The van der Waals surface area contributed by atoms with E-state index in [4.69, 9.17) is 15.2 Å². The molecule has 5 nitrogen and oxygen atoms in total. The molecule has 0 saturated heterocycles. The fourth-order valence-corrected chi connectivity index (χ4v) is 2.00. The Balaban J connectivity index is 1.65. The molecule has 1 aliphatic rings. The highest BCUT2D eigenvalue weighted by atomic mass is 16.7. The van der Waals surface area contributed by atoms with E-state index in [1.807, 2.05) is 30.3 Å². The highest BCUT2D eigenvalue weighted by Crippen LogP contribution is 2.34. The largest absolute Gasteiger partial charge is 0.454 e. The molecule has 2 aromatic rings. The van der Waals surface area contributed by atoms with Gasteiger partial charge in [-0.25, -0.2) is 0 Å². The molecule has 0 spiro atoms. The maximum atomic E-state index is 11.0. The average Bonchev–Trinajstić information content (AvgIpc) is 2.93. The van der Waals surface area contributed by atoms with Gasteiger partial charge in [0.1, 0.15) is 0 Å². The summed E-state index contributed by atoms with van der Waals surface area (Å²) in [6.45, 7) is 0.923. The van der Waals surface area contributed by atoms with Crippen molar-refractivity contribution >= 4 is 11.6 Å². The molecule has 0 fully saturated rings. The number of hydrogen-bond donors (Lipinski definition) is 2. The summed E-state index contributed by atoms with van der Waals surface area (Å²) < 4.78 is 10.6. The lowest BCUT2D eigenvalue weighted by Crippen LogP contribution is -2.10. The van der Waals surface area contributed by atoms with E-state index in [9.17, 15) is 4.79 Å². The fraction of sp³-hybridized carbons (Fsp3) is 0.133. The van der Waals surface area contributed by atoms with E-state index in [-0.39, 0.29) is 6.79 Å². The summed E-state index contributed by atoms with van der Waals surface area (Å²) in [6, 6.07) is 12.9. The van der Waals surface area contributed by atoms with E-state index in [1.165, 1.54) is 0 Å². The van der Waals surface area contributed by atoms with Crippen molar-refractivity contribution in [3.05, 3.63) is 53.6 Å². The van der Waals surface area contributed by atoms with Gasteiger partial charge in [0.05, 0.1) is 0 Å². The summed E-state index contributed by atoms with van der Waals surface area (Å²) in [5.74, 6) is 1.10. The van der Waals surface area contributed by atoms with Gasteiger partial charge < -0.3 is 20.5 Å². The van der Waals surface area contributed by atoms with E-state index in [2.05, 4.69) is 5.32 Å². The molecule has 1 amide bonds. The van der Waals surface area contributed by atoms with Gasteiger partial charge in [0.25, 0.3) is 0 Å². The number of nitrogens with one attached hydrogen (secondary N) is 1. The number of anilines is 1. The van der Waals surface area contributed by atoms with Crippen LogP contribution in [0.15, 0.2) is 42.5 Å². The Morgan fingerprint density at radius 2 is 1.85 bits per heavy atom. The molecule has 0 radical (unpaired) electrons. The number of primary amides is 1. The van der Waals surface area contributed by atoms with Gasteiger partial charge in [-0.05, 0) is 29.8 Å². The van der Waals surface area contributed by atoms with Crippen LogP contribution in [0.2, 0.25) is 0 Å². The molecule has 0 bridgehead atoms. The normalized spacial score (nSPS) is 12.2. The van der Waals surface area contributed by atoms with Crippen LogP contribution in [-0.2, 0) is 6.54 Å². The van der Waals surface area contributed by atoms with Crippen LogP contribution >= 0.6 is 0 Å². The van der Waals surface area contributed by atoms with Gasteiger partial charge in [0.15, 0.2) is 11.5 Å². The Hall–Kier alpha value is -2.69. The molecule has 0 aromatic heterocycles. The van der Waals surface area contributed by atoms with Crippen molar-refractivity contribution in [2.24, 2.45) is 5.73 Å². The second kappa shape index (κ2) is 5.13. The molecule has 3 N–H and O–H groups in total. The summed E-state index contributed by atoms with van der Waals surface area (Å²) in [4.78, 5) is 11.0. The first-order valence-corrected chi connectivity index (χ1v) is 6.24. The number of fused-ring (bicyclic) bond motifs is 1. The van der Waals surface area contributed by atoms with Crippen molar-refractivity contribution in [1.82, 2.24) is 0 Å². The van der Waals surface area contributed by atoms with Gasteiger partial charge in [-0.2, -0.15) is 0 Å². The number of benzene rings is 2. The van der Waals surface area contributed by atoms with E-state index in [0.29, 0.717) is 12.1 Å². The maximum Gasteiger partial charge on any atom is 0.248 e. The van der Waals surface area contributed by atoms with Crippen molar-refractivity contribution in [2.45, 2.75) is 6.54 Å². The third-order valence-electron chi connectivity index (χ3n) is 3.11. The minimum Gasteiger partial charge on any atom is -0.454 e. The molecule has 0 aliphatic carbocycles. The predicted octanol–water partition coefficient (Wildman–Crippen LogP) is 2.13. The minimum atomic E-state index is -0.416. The molecule has 5 heteroatoms. The topological polar surface area (TPSA) is 73.6 Å². The molecule has 2 aromatic carbocycles. The highest BCUT2D eigenvalue weighted by molar-refractivity contribution is 5.92. The van der Waals surface area contributed by atoms with Crippen LogP contribution in [0.1, 0.15) is 15.9 Å². The Bertz CT molecular complexity index is 638. The molecule has 0 unspecified atom stereocenters. The number of carbonyl (C=O) groups is 1. The lowest BCUT2D eigenvalue weighted by molar-refractivity contribution is 0.100. The number of rotatable bonds is 4. The van der Waals surface area contributed by atoms with E-state index >= 15 is 0 Å². The van der Waals surface area contributed by atoms with Crippen LogP contribution in [0, 0.1) is 0 Å². The van der Waals surface area contributed by atoms with Crippen LogP contribution in [0.5, 0.6) is 11.5 Å². The van der Waals surface area contributed by atoms with E-state index < -0.39 is 5.91 Å². The van der Waals surface area contributed by atoms with Crippen molar-refractivity contribution < 1.29 is 14.3 Å². The summed E-state index contributed by atoms with van der Waals surface area (Å²) in [6.07, 6.45) is 0. The van der Waals surface area contributed by atoms with Gasteiger partial charge in [-0.3, -0.25) is 4.79 Å². The van der Waals surface area contributed by atoms with Crippen molar-refractivity contribution in [3.63, 3.8) is 0 Å².